The van der Waals surface area contributed by atoms with E-state index in [9.17, 15) is 24.6 Å². The van der Waals surface area contributed by atoms with E-state index in [1.807, 2.05) is 24.3 Å². The maximum Gasteiger partial charge on any atom is 2.00 e. The number of carboxylic acids is 2. The van der Waals surface area contributed by atoms with Gasteiger partial charge >= 0.3 is 43.7 Å². The molecule has 0 rings (SSSR count). The van der Waals surface area contributed by atoms with Gasteiger partial charge in [0.05, 0.1) is 12.5 Å². The first kappa shape index (κ1) is 47.9. The van der Waals surface area contributed by atoms with Crippen LogP contribution in [0.3, 0.4) is 0 Å². The monoisotopic (exact) mass is 666 g/mol. The molecule has 12 nitrogen and oxygen atoms in total. The third-order valence-electron chi connectivity index (χ3n) is 6.78. The van der Waals surface area contributed by atoms with Gasteiger partial charge in [-0.2, -0.15) is 0 Å². The van der Waals surface area contributed by atoms with Crippen LogP contribution in [0.5, 0.6) is 0 Å². The zero-order valence-electron chi connectivity index (χ0n) is 28.1. The Morgan fingerprint density at radius 1 is 0.778 bits per heavy atom. The van der Waals surface area contributed by atoms with Gasteiger partial charge in [0.1, 0.15) is 6.04 Å². The van der Waals surface area contributed by atoms with Crippen molar-refractivity contribution in [2.75, 3.05) is 52.5 Å². The Labute approximate surface area is 300 Å². The first-order valence-electron chi connectivity index (χ1n) is 16.0. The SMILES string of the molecule is CCCC/C=C/CC(=O)NCCN(CCCO)C(C)C(=O)O.CCCC/C=C/CC([O-])=NCCN(CCCO)C(C)C(=O)[O-].[Ca+2]. The van der Waals surface area contributed by atoms with Crippen molar-refractivity contribution in [2.45, 2.75) is 104 Å². The van der Waals surface area contributed by atoms with Crippen LogP contribution < -0.4 is 15.5 Å². The first-order valence-corrected chi connectivity index (χ1v) is 16.0. The van der Waals surface area contributed by atoms with Crippen LogP contribution in [-0.2, 0) is 14.4 Å². The molecule has 45 heavy (non-hydrogen) atoms. The Morgan fingerprint density at radius 2 is 1.29 bits per heavy atom. The van der Waals surface area contributed by atoms with Crippen LogP contribution in [0.4, 0.5) is 0 Å². The Balaban J connectivity index is -0.000000767. The molecule has 0 spiro atoms. The molecule has 0 aliphatic rings. The zero-order chi connectivity index (χ0) is 33.6. The van der Waals surface area contributed by atoms with Gasteiger partial charge in [0, 0.05) is 58.4 Å². The summed E-state index contributed by atoms with van der Waals surface area (Å²) < 4.78 is 0. The van der Waals surface area contributed by atoms with Gasteiger partial charge in [-0.05, 0) is 51.8 Å². The summed E-state index contributed by atoms with van der Waals surface area (Å²) in [4.78, 5) is 40.9. The number of nitrogens with zero attached hydrogens (tertiary/aromatic N) is 3. The molecule has 0 heterocycles. The van der Waals surface area contributed by atoms with Gasteiger partial charge in [-0.15, -0.1) is 0 Å². The topological polar surface area (TPSA) is 189 Å². The van der Waals surface area contributed by atoms with Gasteiger partial charge in [-0.3, -0.25) is 19.4 Å². The summed E-state index contributed by atoms with van der Waals surface area (Å²) in [6.45, 7) is 9.82. The fourth-order valence-electron chi connectivity index (χ4n) is 3.88. The van der Waals surface area contributed by atoms with Gasteiger partial charge in [0.15, 0.2) is 0 Å². The van der Waals surface area contributed by atoms with Gasteiger partial charge in [0.2, 0.25) is 5.91 Å². The number of carboxylic acid groups (broad SMARTS) is 2. The van der Waals surface area contributed by atoms with E-state index in [1.165, 1.54) is 6.92 Å². The van der Waals surface area contributed by atoms with Gasteiger partial charge in [-0.25, -0.2) is 0 Å². The van der Waals surface area contributed by atoms with Crippen molar-refractivity contribution < 1.29 is 39.9 Å². The van der Waals surface area contributed by atoms with Crippen molar-refractivity contribution in [3.05, 3.63) is 24.3 Å². The number of aliphatic hydroxyl groups is 2. The van der Waals surface area contributed by atoms with Crippen LogP contribution in [0, 0.1) is 0 Å². The second-order valence-electron chi connectivity index (χ2n) is 10.5. The van der Waals surface area contributed by atoms with Crippen molar-refractivity contribution in [2.24, 2.45) is 4.99 Å². The number of nitrogens with one attached hydrogen (secondary N) is 1. The van der Waals surface area contributed by atoms with Crippen molar-refractivity contribution in [3.63, 3.8) is 0 Å². The van der Waals surface area contributed by atoms with Crippen LogP contribution in [0.25, 0.3) is 0 Å². The minimum Gasteiger partial charge on any atom is -0.862 e. The molecule has 0 radical (unpaired) electrons. The van der Waals surface area contributed by atoms with E-state index in [0.717, 1.165) is 38.5 Å². The molecule has 2 unspecified atom stereocenters. The average Bonchev–Trinajstić information content (AvgIpc) is 2.99. The second-order valence-corrected chi connectivity index (χ2v) is 10.5. The summed E-state index contributed by atoms with van der Waals surface area (Å²) >= 11 is 0. The van der Waals surface area contributed by atoms with E-state index in [1.54, 1.807) is 16.7 Å². The molecule has 0 aromatic carbocycles. The van der Waals surface area contributed by atoms with Crippen LogP contribution in [0.15, 0.2) is 29.3 Å². The molecule has 0 bridgehead atoms. The summed E-state index contributed by atoms with van der Waals surface area (Å²) in [6.07, 6.45) is 15.8. The molecule has 0 fully saturated rings. The maximum atomic E-state index is 11.6. The van der Waals surface area contributed by atoms with Crippen LogP contribution in [0.2, 0.25) is 0 Å². The third-order valence-corrected chi connectivity index (χ3v) is 6.78. The van der Waals surface area contributed by atoms with Gasteiger partial charge in [-0.1, -0.05) is 63.8 Å². The molecule has 2 atom stereocenters. The largest absolute Gasteiger partial charge is 2.00 e. The summed E-state index contributed by atoms with van der Waals surface area (Å²) in [5.74, 6) is -2.32. The van der Waals surface area contributed by atoms with Gasteiger partial charge in [0.25, 0.3) is 0 Å². The van der Waals surface area contributed by atoms with Crippen LogP contribution in [0.1, 0.15) is 91.9 Å². The number of aliphatic imine (C=N–C) groups is 1. The van der Waals surface area contributed by atoms with Crippen molar-refractivity contribution in [3.8, 4) is 0 Å². The van der Waals surface area contributed by atoms with Crippen molar-refractivity contribution in [1.29, 1.82) is 0 Å². The number of carbonyl (C=O) groups excluding carboxylic acids is 2. The molecule has 0 aromatic rings. The predicted molar refractivity (Wildman–Crippen MR) is 176 cm³/mol. The van der Waals surface area contributed by atoms with Crippen molar-refractivity contribution in [1.82, 2.24) is 15.1 Å². The molecule has 0 saturated carbocycles. The molecule has 0 aliphatic heterocycles. The molecule has 0 aromatic heterocycles. The molecule has 0 saturated heterocycles. The quantitative estimate of drug-likeness (QED) is 0.0337. The van der Waals surface area contributed by atoms with E-state index in [-0.39, 0.29) is 75.7 Å². The number of hydrogen-bond acceptors (Lipinski definition) is 10. The van der Waals surface area contributed by atoms with Gasteiger partial charge < -0.3 is 40.6 Å². The Morgan fingerprint density at radius 3 is 1.76 bits per heavy atom. The average molecular weight is 667 g/mol. The van der Waals surface area contributed by atoms with E-state index < -0.39 is 24.0 Å². The summed E-state index contributed by atoms with van der Waals surface area (Å²) in [5.41, 5.74) is 0. The number of aliphatic hydroxyl groups excluding tert-OH is 2. The first-order chi connectivity index (χ1) is 21.0. The fraction of sp³-hybridized carbons (Fsp3) is 0.750. The number of amides is 1. The van der Waals surface area contributed by atoms with Crippen molar-refractivity contribution >= 4 is 61.5 Å². The van der Waals surface area contributed by atoms with E-state index in [4.69, 9.17) is 15.3 Å². The number of unbranched alkanes of at least 4 members (excludes halogenated alkanes) is 4. The standard InChI is InChI=1S/2C16H30N2O4.Ca/c2*1-3-4-5-6-7-9-15(20)17-10-12-18(11-8-13-19)14(2)16(21)22;/h2*6-7,14,19H,3-5,8-13H2,1-2H3,(H,17,20)(H,21,22);/q;;+2/p-2/b2*7-6+;. The molecular formula is C32H58CaN4O8. The number of aliphatic carboxylic acids is 2. The summed E-state index contributed by atoms with van der Waals surface area (Å²) in [6, 6.07) is -1.39. The Bertz CT molecular complexity index is 842. The van der Waals surface area contributed by atoms with Crippen LogP contribution in [-0.4, -0.2) is 151 Å². The molecule has 4 N–H and O–H groups in total. The zero-order valence-corrected chi connectivity index (χ0v) is 30.3. The van der Waals surface area contributed by atoms with E-state index >= 15 is 0 Å². The van der Waals surface area contributed by atoms with E-state index in [2.05, 4.69) is 24.2 Å². The molecule has 0 aliphatic carbocycles. The Hall–Kier alpha value is -1.54. The minimum absolute atomic E-state index is 0. The Kier molecular flexibility index (Phi) is 36.0. The number of hydrogen-bond donors (Lipinski definition) is 4. The smallest absolute Gasteiger partial charge is 0.862 e. The normalized spacial score (nSPS) is 13.0. The second kappa shape index (κ2) is 33.8. The minimum atomic E-state index is -1.16. The number of carbonyl (C=O) groups is 3. The summed E-state index contributed by atoms with van der Waals surface area (Å²) in [5, 5.41) is 52.0. The molecule has 256 valence electrons. The molecule has 1 amide bonds. The number of rotatable bonds is 26. The maximum absolute atomic E-state index is 11.6. The third kappa shape index (κ3) is 29.6. The summed E-state index contributed by atoms with van der Waals surface area (Å²) in [7, 11) is 0. The fourth-order valence-corrected chi connectivity index (χ4v) is 3.88. The molecular weight excluding hydrogens is 608 g/mol. The van der Waals surface area contributed by atoms with Crippen LogP contribution >= 0.6 is 0 Å². The van der Waals surface area contributed by atoms with E-state index in [0.29, 0.717) is 52.0 Å². The number of allylic oxidation sites excluding steroid dienone is 2. The predicted octanol–water partition coefficient (Wildman–Crippen LogP) is 0.720. The molecule has 13 heteroatoms.